The molecule has 0 aliphatic rings. The van der Waals surface area contributed by atoms with Crippen molar-refractivity contribution in [3.8, 4) is 0 Å². The van der Waals surface area contributed by atoms with E-state index in [0.717, 1.165) is 5.69 Å². The van der Waals surface area contributed by atoms with Gasteiger partial charge in [-0.15, -0.1) is 11.3 Å². The molecule has 0 atom stereocenters. The van der Waals surface area contributed by atoms with Gasteiger partial charge in [0.25, 0.3) is 5.91 Å². The Labute approximate surface area is 82.4 Å². The first kappa shape index (κ1) is 10.2. The van der Waals surface area contributed by atoms with Gasteiger partial charge in [0, 0.05) is 19.5 Å². The molecule has 0 aliphatic carbocycles. The standard InChI is InChI=1S/C9H14N2OS/c1-6(2)7-5-13-8(10-7)9(12)11(3)4/h5-6H,1-4H3. The molecule has 1 heterocycles. The fourth-order valence-corrected chi connectivity index (χ4v) is 1.84. The molecule has 1 aromatic heterocycles. The second-order valence-electron chi connectivity index (χ2n) is 3.43. The van der Waals surface area contributed by atoms with Crippen LogP contribution in [0.3, 0.4) is 0 Å². The van der Waals surface area contributed by atoms with Crippen LogP contribution < -0.4 is 0 Å². The van der Waals surface area contributed by atoms with Gasteiger partial charge < -0.3 is 4.90 Å². The molecule has 1 aromatic rings. The molecule has 0 radical (unpaired) electrons. The van der Waals surface area contributed by atoms with Crippen molar-refractivity contribution in [1.29, 1.82) is 0 Å². The average molecular weight is 198 g/mol. The number of rotatable bonds is 2. The molecule has 0 aliphatic heterocycles. The van der Waals surface area contributed by atoms with Gasteiger partial charge in [-0.05, 0) is 5.92 Å². The van der Waals surface area contributed by atoms with Gasteiger partial charge in [-0.3, -0.25) is 4.79 Å². The summed E-state index contributed by atoms with van der Waals surface area (Å²) in [6.07, 6.45) is 0. The molecule has 4 heteroatoms. The highest BCUT2D eigenvalue weighted by molar-refractivity contribution is 7.11. The minimum Gasteiger partial charge on any atom is -0.343 e. The number of carbonyl (C=O) groups is 1. The predicted octanol–water partition coefficient (Wildman–Crippen LogP) is 1.97. The minimum absolute atomic E-state index is 0.0168. The number of hydrogen-bond acceptors (Lipinski definition) is 3. The van der Waals surface area contributed by atoms with Crippen LogP contribution in [0.15, 0.2) is 5.38 Å². The molecule has 0 saturated carbocycles. The van der Waals surface area contributed by atoms with E-state index in [9.17, 15) is 4.79 Å². The van der Waals surface area contributed by atoms with Crippen molar-refractivity contribution in [2.24, 2.45) is 0 Å². The van der Waals surface area contributed by atoms with Crippen LogP contribution in [-0.2, 0) is 0 Å². The Balaban J connectivity index is 2.86. The Morgan fingerprint density at radius 3 is 2.54 bits per heavy atom. The smallest absolute Gasteiger partial charge is 0.282 e. The van der Waals surface area contributed by atoms with Crippen LogP contribution in [-0.4, -0.2) is 29.9 Å². The van der Waals surface area contributed by atoms with Crippen LogP contribution in [0.4, 0.5) is 0 Å². The molecule has 0 saturated heterocycles. The van der Waals surface area contributed by atoms with E-state index in [0.29, 0.717) is 10.9 Å². The van der Waals surface area contributed by atoms with Crippen LogP contribution >= 0.6 is 11.3 Å². The monoisotopic (exact) mass is 198 g/mol. The summed E-state index contributed by atoms with van der Waals surface area (Å²) < 4.78 is 0. The Morgan fingerprint density at radius 1 is 1.54 bits per heavy atom. The van der Waals surface area contributed by atoms with Crippen LogP contribution in [0.2, 0.25) is 0 Å². The second-order valence-corrected chi connectivity index (χ2v) is 4.29. The normalized spacial score (nSPS) is 10.5. The average Bonchev–Trinajstić information content (AvgIpc) is 2.50. The molecule has 0 fully saturated rings. The summed E-state index contributed by atoms with van der Waals surface area (Å²) in [5, 5.41) is 2.52. The fourth-order valence-electron chi connectivity index (χ4n) is 0.841. The van der Waals surface area contributed by atoms with Crippen molar-refractivity contribution in [3.05, 3.63) is 16.1 Å². The van der Waals surface area contributed by atoms with Crippen molar-refractivity contribution in [2.45, 2.75) is 19.8 Å². The topological polar surface area (TPSA) is 33.2 Å². The van der Waals surface area contributed by atoms with E-state index in [1.165, 1.54) is 11.3 Å². The van der Waals surface area contributed by atoms with Crippen LogP contribution in [0.25, 0.3) is 0 Å². The molecule has 1 rings (SSSR count). The third kappa shape index (κ3) is 2.28. The van der Waals surface area contributed by atoms with Gasteiger partial charge >= 0.3 is 0 Å². The number of aromatic nitrogens is 1. The third-order valence-electron chi connectivity index (χ3n) is 1.70. The minimum atomic E-state index is -0.0168. The largest absolute Gasteiger partial charge is 0.343 e. The molecule has 0 unspecified atom stereocenters. The summed E-state index contributed by atoms with van der Waals surface area (Å²) in [5.41, 5.74) is 0.996. The summed E-state index contributed by atoms with van der Waals surface area (Å²) in [7, 11) is 3.47. The summed E-state index contributed by atoms with van der Waals surface area (Å²) in [5.74, 6) is 0.372. The molecule has 0 spiro atoms. The zero-order valence-corrected chi connectivity index (χ0v) is 9.18. The lowest BCUT2D eigenvalue weighted by Gasteiger charge is -2.06. The summed E-state index contributed by atoms with van der Waals surface area (Å²) in [4.78, 5) is 17.3. The maximum Gasteiger partial charge on any atom is 0.282 e. The molecule has 3 nitrogen and oxygen atoms in total. The first-order valence-corrected chi connectivity index (χ1v) is 5.07. The maximum atomic E-state index is 11.5. The highest BCUT2D eigenvalue weighted by Crippen LogP contribution is 2.18. The van der Waals surface area contributed by atoms with Gasteiger partial charge in [0.05, 0.1) is 5.69 Å². The lowest BCUT2D eigenvalue weighted by Crippen LogP contribution is -2.21. The maximum absolute atomic E-state index is 11.5. The van der Waals surface area contributed by atoms with Gasteiger partial charge in [-0.25, -0.2) is 4.98 Å². The lowest BCUT2D eigenvalue weighted by atomic mass is 10.2. The van der Waals surface area contributed by atoms with Crippen molar-refractivity contribution >= 4 is 17.2 Å². The van der Waals surface area contributed by atoms with E-state index < -0.39 is 0 Å². The van der Waals surface area contributed by atoms with Gasteiger partial charge in [-0.1, -0.05) is 13.8 Å². The Bertz CT molecular complexity index is 304. The molecule has 0 bridgehead atoms. The van der Waals surface area contributed by atoms with Gasteiger partial charge in [0.1, 0.15) is 0 Å². The van der Waals surface area contributed by atoms with Crippen molar-refractivity contribution in [2.75, 3.05) is 14.1 Å². The Hall–Kier alpha value is -0.900. The van der Waals surface area contributed by atoms with E-state index in [-0.39, 0.29) is 5.91 Å². The molecule has 13 heavy (non-hydrogen) atoms. The summed E-state index contributed by atoms with van der Waals surface area (Å²) in [6, 6.07) is 0. The van der Waals surface area contributed by atoms with Crippen molar-refractivity contribution in [3.63, 3.8) is 0 Å². The third-order valence-corrected chi connectivity index (χ3v) is 2.55. The van der Waals surface area contributed by atoms with Crippen molar-refractivity contribution < 1.29 is 4.79 Å². The molecule has 0 N–H and O–H groups in total. The van der Waals surface area contributed by atoms with E-state index in [4.69, 9.17) is 0 Å². The number of hydrogen-bond donors (Lipinski definition) is 0. The van der Waals surface area contributed by atoms with E-state index in [2.05, 4.69) is 18.8 Å². The highest BCUT2D eigenvalue weighted by Gasteiger charge is 2.13. The Morgan fingerprint density at radius 2 is 2.15 bits per heavy atom. The van der Waals surface area contributed by atoms with Crippen molar-refractivity contribution in [1.82, 2.24) is 9.88 Å². The molecular weight excluding hydrogens is 184 g/mol. The zero-order valence-electron chi connectivity index (χ0n) is 8.37. The molecule has 1 amide bonds. The molecular formula is C9H14N2OS. The van der Waals surface area contributed by atoms with E-state index >= 15 is 0 Å². The van der Waals surface area contributed by atoms with Gasteiger partial charge in [0.2, 0.25) is 0 Å². The number of nitrogens with zero attached hydrogens (tertiary/aromatic N) is 2. The van der Waals surface area contributed by atoms with Crippen LogP contribution in [0.5, 0.6) is 0 Å². The first-order chi connectivity index (χ1) is 6.02. The van der Waals surface area contributed by atoms with E-state index in [1.807, 2.05) is 5.38 Å². The molecule has 72 valence electrons. The number of amides is 1. The van der Waals surface area contributed by atoms with Gasteiger partial charge in [0.15, 0.2) is 5.01 Å². The van der Waals surface area contributed by atoms with Gasteiger partial charge in [-0.2, -0.15) is 0 Å². The van der Waals surface area contributed by atoms with Crippen LogP contribution in [0.1, 0.15) is 35.3 Å². The first-order valence-electron chi connectivity index (χ1n) is 4.19. The highest BCUT2D eigenvalue weighted by atomic mass is 32.1. The molecule has 0 aromatic carbocycles. The fraction of sp³-hybridized carbons (Fsp3) is 0.556. The quantitative estimate of drug-likeness (QED) is 0.728. The summed E-state index contributed by atoms with van der Waals surface area (Å²) >= 11 is 1.41. The summed E-state index contributed by atoms with van der Waals surface area (Å²) in [6.45, 7) is 4.14. The van der Waals surface area contributed by atoms with E-state index in [1.54, 1.807) is 19.0 Å². The Kier molecular flexibility index (Phi) is 3.03. The predicted molar refractivity (Wildman–Crippen MR) is 54.2 cm³/mol. The lowest BCUT2D eigenvalue weighted by molar-refractivity contribution is 0.0827. The number of carbonyl (C=O) groups excluding carboxylic acids is 1. The SMILES string of the molecule is CC(C)c1csc(C(=O)N(C)C)n1. The zero-order chi connectivity index (χ0) is 10.0. The number of thiazole rings is 1. The van der Waals surface area contributed by atoms with Crippen LogP contribution in [0, 0.1) is 0 Å². The second kappa shape index (κ2) is 3.87.